The number of carbonyl (C=O) groups is 2. The molecule has 2 aromatic carbocycles. The zero-order valence-corrected chi connectivity index (χ0v) is 19.7. The molecule has 2 rings (SSSR count). The van der Waals surface area contributed by atoms with Gasteiger partial charge in [0.15, 0.2) is 0 Å². The third kappa shape index (κ3) is 7.69. The van der Waals surface area contributed by atoms with E-state index in [4.69, 9.17) is 11.6 Å². The van der Waals surface area contributed by atoms with Gasteiger partial charge in [-0.3, -0.25) is 9.59 Å². The van der Waals surface area contributed by atoms with Crippen LogP contribution >= 0.6 is 23.4 Å². The Morgan fingerprint density at radius 2 is 1.83 bits per heavy atom. The van der Waals surface area contributed by atoms with Crippen molar-refractivity contribution in [2.75, 3.05) is 12.3 Å². The number of hydrogen-bond donors (Lipinski definition) is 1. The van der Waals surface area contributed by atoms with Gasteiger partial charge in [0, 0.05) is 23.9 Å². The Balaban J connectivity index is 2.07. The average Bonchev–Trinajstić information content (AvgIpc) is 2.70. The zero-order chi connectivity index (χ0) is 22.1. The fraction of sp³-hybridized carbons (Fsp3) is 0.417. The number of carbonyl (C=O) groups excluding carboxylic acids is 2. The minimum atomic E-state index is -0.539. The van der Waals surface area contributed by atoms with Crippen LogP contribution in [-0.4, -0.2) is 35.1 Å². The maximum atomic E-state index is 13.1. The van der Waals surface area contributed by atoms with Gasteiger partial charge in [0.05, 0.1) is 5.75 Å². The van der Waals surface area contributed by atoms with E-state index in [1.165, 1.54) is 11.8 Å². The monoisotopic (exact) mass is 446 g/mol. The number of aryl methyl sites for hydroxylation is 1. The van der Waals surface area contributed by atoms with Gasteiger partial charge < -0.3 is 10.2 Å². The van der Waals surface area contributed by atoms with Crippen LogP contribution in [0.1, 0.15) is 37.5 Å². The van der Waals surface area contributed by atoms with Crippen molar-refractivity contribution in [2.24, 2.45) is 5.92 Å². The largest absolute Gasteiger partial charge is 0.354 e. The molecule has 6 heteroatoms. The second kappa shape index (κ2) is 12.0. The Kier molecular flexibility index (Phi) is 9.73. The first-order valence-electron chi connectivity index (χ1n) is 10.2. The van der Waals surface area contributed by atoms with Gasteiger partial charge in [0.2, 0.25) is 11.8 Å². The van der Waals surface area contributed by atoms with Crippen LogP contribution in [0.15, 0.2) is 48.5 Å². The lowest BCUT2D eigenvalue weighted by molar-refractivity contribution is -0.138. The first-order valence-corrected chi connectivity index (χ1v) is 11.7. The van der Waals surface area contributed by atoms with Gasteiger partial charge in [-0.2, -0.15) is 0 Å². The van der Waals surface area contributed by atoms with E-state index in [-0.39, 0.29) is 11.8 Å². The van der Waals surface area contributed by atoms with Crippen molar-refractivity contribution in [3.63, 3.8) is 0 Å². The molecule has 0 unspecified atom stereocenters. The standard InChI is InChI=1S/C24H31ClN2O2S/c1-17(2)13-26-24(29)19(4)27(14-21-10-6-5-8-18(21)3)23(28)16-30-15-20-9-7-11-22(25)12-20/h5-12,17,19H,13-16H2,1-4H3,(H,26,29)/t19-/m0/s1. The summed E-state index contributed by atoms with van der Waals surface area (Å²) < 4.78 is 0. The van der Waals surface area contributed by atoms with Gasteiger partial charge in [-0.05, 0) is 48.6 Å². The molecular formula is C24H31ClN2O2S. The Morgan fingerprint density at radius 1 is 1.10 bits per heavy atom. The van der Waals surface area contributed by atoms with Crippen LogP contribution in [0.2, 0.25) is 5.02 Å². The summed E-state index contributed by atoms with van der Waals surface area (Å²) in [6, 6.07) is 15.1. The van der Waals surface area contributed by atoms with Crippen molar-refractivity contribution in [3.05, 3.63) is 70.2 Å². The van der Waals surface area contributed by atoms with E-state index in [9.17, 15) is 9.59 Å². The summed E-state index contributed by atoms with van der Waals surface area (Å²) in [6.45, 7) is 8.93. The van der Waals surface area contributed by atoms with Crippen LogP contribution in [0.25, 0.3) is 0 Å². The highest BCUT2D eigenvalue weighted by atomic mass is 35.5. The van der Waals surface area contributed by atoms with Crippen LogP contribution in [-0.2, 0) is 21.9 Å². The van der Waals surface area contributed by atoms with Gasteiger partial charge in [0.1, 0.15) is 6.04 Å². The second-order valence-corrected chi connectivity index (χ2v) is 9.31. The molecule has 2 aromatic rings. The topological polar surface area (TPSA) is 49.4 Å². The van der Waals surface area contributed by atoms with Crippen molar-refractivity contribution >= 4 is 35.2 Å². The SMILES string of the molecule is Cc1ccccc1CN(C(=O)CSCc1cccc(Cl)c1)[C@@H](C)C(=O)NCC(C)C. The Bertz CT molecular complexity index is 857. The summed E-state index contributed by atoms with van der Waals surface area (Å²) in [5, 5.41) is 3.64. The molecule has 0 aliphatic rings. The highest BCUT2D eigenvalue weighted by molar-refractivity contribution is 7.99. The summed E-state index contributed by atoms with van der Waals surface area (Å²) in [7, 11) is 0. The molecule has 30 heavy (non-hydrogen) atoms. The molecule has 0 aliphatic carbocycles. The lowest BCUT2D eigenvalue weighted by Crippen LogP contribution is -2.48. The van der Waals surface area contributed by atoms with Crippen LogP contribution in [0, 0.1) is 12.8 Å². The predicted octanol–water partition coefficient (Wildman–Crippen LogP) is 5.07. The van der Waals surface area contributed by atoms with Crippen molar-refractivity contribution < 1.29 is 9.59 Å². The van der Waals surface area contributed by atoms with E-state index in [0.29, 0.717) is 35.5 Å². The molecule has 0 radical (unpaired) electrons. The molecule has 0 bridgehead atoms. The Labute approximate surface area is 189 Å². The molecule has 162 valence electrons. The number of halogens is 1. The predicted molar refractivity (Wildman–Crippen MR) is 127 cm³/mol. The molecule has 0 saturated carbocycles. The zero-order valence-electron chi connectivity index (χ0n) is 18.2. The van der Waals surface area contributed by atoms with Gasteiger partial charge in [-0.1, -0.05) is 61.8 Å². The molecule has 0 heterocycles. The molecular weight excluding hydrogens is 416 g/mol. The van der Waals surface area contributed by atoms with Crippen LogP contribution < -0.4 is 5.32 Å². The molecule has 1 atom stereocenters. The first-order chi connectivity index (χ1) is 14.3. The highest BCUT2D eigenvalue weighted by Crippen LogP contribution is 2.19. The fourth-order valence-electron chi connectivity index (χ4n) is 2.97. The van der Waals surface area contributed by atoms with E-state index in [2.05, 4.69) is 5.32 Å². The van der Waals surface area contributed by atoms with Crippen molar-refractivity contribution in [3.8, 4) is 0 Å². The van der Waals surface area contributed by atoms with Crippen molar-refractivity contribution in [1.29, 1.82) is 0 Å². The fourth-order valence-corrected chi connectivity index (χ4v) is 4.04. The van der Waals surface area contributed by atoms with Gasteiger partial charge in [0.25, 0.3) is 0 Å². The third-order valence-corrected chi connectivity index (χ3v) is 6.06. The quantitative estimate of drug-likeness (QED) is 0.554. The normalized spacial score (nSPS) is 11.9. The van der Waals surface area contributed by atoms with Crippen molar-refractivity contribution in [1.82, 2.24) is 10.2 Å². The maximum Gasteiger partial charge on any atom is 0.242 e. The molecule has 2 amide bonds. The number of nitrogens with one attached hydrogen (secondary N) is 1. The smallest absolute Gasteiger partial charge is 0.242 e. The summed E-state index contributed by atoms with van der Waals surface area (Å²) in [5.74, 6) is 1.19. The molecule has 0 saturated heterocycles. The number of rotatable bonds is 10. The molecule has 0 aromatic heterocycles. The lowest BCUT2D eigenvalue weighted by Gasteiger charge is -2.29. The summed E-state index contributed by atoms with van der Waals surface area (Å²) >= 11 is 7.57. The van der Waals surface area contributed by atoms with Crippen molar-refractivity contribution in [2.45, 2.75) is 46.0 Å². The number of hydrogen-bond acceptors (Lipinski definition) is 3. The average molecular weight is 447 g/mol. The Hall–Kier alpha value is -1.98. The van der Waals surface area contributed by atoms with Gasteiger partial charge in [-0.25, -0.2) is 0 Å². The molecule has 1 N–H and O–H groups in total. The molecule has 0 aliphatic heterocycles. The molecule has 0 spiro atoms. The molecule has 4 nitrogen and oxygen atoms in total. The maximum absolute atomic E-state index is 13.1. The summed E-state index contributed by atoms with van der Waals surface area (Å²) in [6.07, 6.45) is 0. The van der Waals surface area contributed by atoms with Gasteiger partial charge >= 0.3 is 0 Å². The summed E-state index contributed by atoms with van der Waals surface area (Å²) in [5.41, 5.74) is 3.24. The highest BCUT2D eigenvalue weighted by Gasteiger charge is 2.26. The lowest BCUT2D eigenvalue weighted by atomic mass is 10.1. The second-order valence-electron chi connectivity index (χ2n) is 7.89. The van der Waals surface area contributed by atoms with E-state index in [1.807, 2.05) is 69.3 Å². The Morgan fingerprint density at radius 3 is 2.50 bits per heavy atom. The minimum absolute atomic E-state index is 0.0440. The van der Waals surface area contributed by atoms with Crippen LogP contribution in [0.5, 0.6) is 0 Å². The number of nitrogens with zero attached hydrogens (tertiary/aromatic N) is 1. The minimum Gasteiger partial charge on any atom is -0.354 e. The molecule has 0 fully saturated rings. The van der Waals surface area contributed by atoms with Crippen LogP contribution in [0.4, 0.5) is 0 Å². The number of amides is 2. The third-order valence-electron chi connectivity index (χ3n) is 4.84. The van der Waals surface area contributed by atoms with Gasteiger partial charge in [-0.15, -0.1) is 11.8 Å². The van der Waals surface area contributed by atoms with E-state index in [0.717, 1.165) is 16.7 Å². The number of thioether (sulfide) groups is 1. The summed E-state index contributed by atoms with van der Waals surface area (Å²) in [4.78, 5) is 27.5. The van der Waals surface area contributed by atoms with E-state index >= 15 is 0 Å². The van der Waals surface area contributed by atoms with Crippen LogP contribution in [0.3, 0.4) is 0 Å². The number of benzene rings is 2. The van der Waals surface area contributed by atoms with E-state index in [1.54, 1.807) is 11.8 Å². The first kappa shape index (κ1) is 24.3. The van der Waals surface area contributed by atoms with E-state index < -0.39 is 6.04 Å².